The first kappa shape index (κ1) is 13.4. The molecule has 0 radical (unpaired) electrons. The van der Waals surface area contributed by atoms with Crippen molar-refractivity contribution in [3.05, 3.63) is 42.5 Å². The smallest absolute Gasteiger partial charge is 0.326 e. The van der Waals surface area contributed by atoms with Gasteiger partial charge in [0.15, 0.2) is 0 Å². The SMILES string of the molecule is C=Cc1ccc2cc(O)c(N3CC(=O)NS3(=O)=O)cc2c1. The van der Waals surface area contributed by atoms with Crippen molar-refractivity contribution in [2.75, 3.05) is 10.8 Å². The largest absolute Gasteiger partial charge is 0.506 e. The topological polar surface area (TPSA) is 86.7 Å². The summed E-state index contributed by atoms with van der Waals surface area (Å²) < 4.78 is 26.4. The number of carbonyl (C=O) groups is 1. The van der Waals surface area contributed by atoms with Gasteiger partial charge in [0.25, 0.3) is 5.91 Å². The van der Waals surface area contributed by atoms with Crippen LogP contribution in [0.25, 0.3) is 16.8 Å². The quantitative estimate of drug-likeness (QED) is 0.877. The Bertz CT molecular complexity index is 874. The predicted molar refractivity (Wildman–Crippen MR) is 80.1 cm³/mol. The van der Waals surface area contributed by atoms with Crippen LogP contribution in [0.1, 0.15) is 5.56 Å². The average Bonchev–Trinajstić information content (AvgIpc) is 2.70. The molecule has 7 heteroatoms. The van der Waals surface area contributed by atoms with Crippen LogP contribution in [0, 0.1) is 0 Å². The predicted octanol–water partition coefficient (Wildman–Crippen LogP) is 1.37. The van der Waals surface area contributed by atoms with Crippen LogP contribution in [-0.2, 0) is 15.0 Å². The highest BCUT2D eigenvalue weighted by molar-refractivity contribution is 7.92. The summed E-state index contributed by atoms with van der Waals surface area (Å²) in [7, 11) is -3.94. The first-order valence-electron chi connectivity index (χ1n) is 6.13. The molecule has 1 amide bonds. The summed E-state index contributed by atoms with van der Waals surface area (Å²) in [6.45, 7) is 3.33. The molecule has 0 atom stereocenters. The van der Waals surface area contributed by atoms with Crippen LogP contribution in [0.5, 0.6) is 5.75 Å². The van der Waals surface area contributed by atoms with Crippen molar-refractivity contribution in [3.63, 3.8) is 0 Å². The highest BCUT2D eigenvalue weighted by Crippen LogP contribution is 2.35. The van der Waals surface area contributed by atoms with Gasteiger partial charge in [-0.1, -0.05) is 24.8 Å². The van der Waals surface area contributed by atoms with E-state index >= 15 is 0 Å². The lowest BCUT2D eigenvalue weighted by molar-refractivity contribution is -0.117. The van der Waals surface area contributed by atoms with Crippen molar-refractivity contribution in [2.45, 2.75) is 0 Å². The molecule has 21 heavy (non-hydrogen) atoms. The molecule has 0 aliphatic carbocycles. The number of rotatable bonds is 2. The van der Waals surface area contributed by atoms with E-state index in [1.807, 2.05) is 16.9 Å². The van der Waals surface area contributed by atoms with E-state index in [-0.39, 0.29) is 18.0 Å². The maximum Gasteiger partial charge on any atom is 0.326 e. The fourth-order valence-corrected chi connectivity index (χ4v) is 3.44. The number of anilines is 1. The molecule has 2 aromatic rings. The van der Waals surface area contributed by atoms with Gasteiger partial charge in [-0.2, -0.15) is 8.42 Å². The number of hydrogen-bond donors (Lipinski definition) is 2. The normalized spacial score (nSPS) is 17.0. The molecular formula is C14H12N2O4S. The molecule has 0 aromatic heterocycles. The Morgan fingerprint density at radius 1 is 1.24 bits per heavy atom. The zero-order valence-electron chi connectivity index (χ0n) is 10.9. The molecule has 3 rings (SSSR count). The van der Waals surface area contributed by atoms with Crippen molar-refractivity contribution < 1.29 is 18.3 Å². The third-order valence-corrected chi connectivity index (χ3v) is 4.67. The molecule has 1 aliphatic heterocycles. The number of carbonyl (C=O) groups excluding carboxylic acids is 1. The molecule has 1 heterocycles. The van der Waals surface area contributed by atoms with Crippen molar-refractivity contribution in [2.24, 2.45) is 0 Å². The molecule has 1 saturated heterocycles. The third kappa shape index (κ3) is 2.21. The molecule has 1 fully saturated rings. The third-order valence-electron chi connectivity index (χ3n) is 3.28. The van der Waals surface area contributed by atoms with Gasteiger partial charge in [-0.15, -0.1) is 0 Å². The molecule has 108 valence electrons. The van der Waals surface area contributed by atoms with E-state index in [1.165, 1.54) is 12.1 Å². The number of aromatic hydroxyl groups is 1. The fraction of sp³-hybridized carbons (Fsp3) is 0.0714. The maximum absolute atomic E-state index is 11.9. The van der Waals surface area contributed by atoms with Gasteiger partial charge < -0.3 is 5.11 Å². The lowest BCUT2D eigenvalue weighted by Crippen LogP contribution is -2.29. The Balaban J connectivity index is 2.21. The van der Waals surface area contributed by atoms with Gasteiger partial charge in [-0.3, -0.25) is 4.79 Å². The van der Waals surface area contributed by atoms with Gasteiger partial charge in [-0.05, 0) is 34.5 Å². The van der Waals surface area contributed by atoms with Crippen molar-refractivity contribution in [3.8, 4) is 5.75 Å². The molecule has 0 spiro atoms. The second kappa shape index (κ2) is 4.49. The fourth-order valence-electron chi connectivity index (χ4n) is 2.28. The Kier molecular flexibility index (Phi) is 2.87. The molecule has 0 saturated carbocycles. The number of phenols is 1. The van der Waals surface area contributed by atoms with Gasteiger partial charge in [0, 0.05) is 0 Å². The number of phenolic OH excluding ortho intramolecular Hbond substituents is 1. The van der Waals surface area contributed by atoms with Crippen LogP contribution in [0.4, 0.5) is 5.69 Å². The summed E-state index contributed by atoms with van der Waals surface area (Å²) >= 11 is 0. The monoisotopic (exact) mass is 304 g/mol. The van der Waals surface area contributed by atoms with Crippen molar-refractivity contribution in [1.29, 1.82) is 0 Å². The van der Waals surface area contributed by atoms with Crippen LogP contribution >= 0.6 is 0 Å². The maximum atomic E-state index is 11.9. The lowest BCUT2D eigenvalue weighted by atomic mass is 10.1. The number of hydrogen-bond acceptors (Lipinski definition) is 4. The number of fused-ring (bicyclic) bond motifs is 1. The van der Waals surface area contributed by atoms with E-state index in [0.717, 1.165) is 20.6 Å². The van der Waals surface area contributed by atoms with Crippen LogP contribution in [0.3, 0.4) is 0 Å². The Morgan fingerprint density at radius 3 is 2.62 bits per heavy atom. The number of nitrogens with one attached hydrogen (secondary N) is 1. The van der Waals surface area contributed by atoms with Gasteiger partial charge in [-0.25, -0.2) is 9.03 Å². The van der Waals surface area contributed by atoms with Crippen molar-refractivity contribution >= 4 is 38.7 Å². The van der Waals surface area contributed by atoms with E-state index < -0.39 is 16.1 Å². The Morgan fingerprint density at radius 2 is 2.00 bits per heavy atom. The minimum Gasteiger partial charge on any atom is -0.506 e. The van der Waals surface area contributed by atoms with Crippen LogP contribution in [0.2, 0.25) is 0 Å². The summed E-state index contributed by atoms with van der Waals surface area (Å²) in [5, 5.41) is 11.6. The van der Waals surface area contributed by atoms with E-state index in [4.69, 9.17) is 0 Å². The average molecular weight is 304 g/mol. The lowest BCUT2D eigenvalue weighted by Gasteiger charge is -2.17. The first-order chi connectivity index (χ1) is 9.90. The van der Waals surface area contributed by atoms with E-state index in [9.17, 15) is 18.3 Å². The molecule has 0 bridgehead atoms. The summed E-state index contributed by atoms with van der Waals surface area (Å²) in [4.78, 5) is 11.3. The minimum absolute atomic E-state index is 0.0714. The van der Waals surface area contributed by atoms with Crippen LogP contribution in [-0.4, -0.2) is 26.0 Å². The molecule has 1 aliphatic rings. The van der Waals surface area contributed by atoms with Gasteiger partial charge in [0.05, 0.1) is 5.69 Å². The van der Waals surface area contributed by atoms with Gasteiger partial charge in [0.1, 0.15) is 12.3 Å². The van der Waals surface area contributed by atoms with Crippen LogP contribution in [0.15, 0.2) is 36.9 Å². The van der Waals surface area contributed by atoms with E-state index in [2.05, 4.69) is 6.58 Å². The molecule has 6 nitrogen and oxygen atoms in total. The Labute approximate surface area is 121 Å². The number of benzene rings is 2. The van der Waals surface area contributed by atoms with Gasteiger partial charge in [0.2, 0.25) is 0 Å². The summed E-state index contributed by atoms with van der Waals surface area (Å²) in [5.41, 5.74) is 0.944. The zero-order valence-corrected chi connectivity index (χ0v) is 11.7. The second-order valence-electron chi connectivity index (χ2n) is 4.69. The number of nitrogens with zero attached hydrogens (tertiary/aromatic N) is 1. The first-order valence-corrected chi connectivity index (χ1v) is 7.57. The molecule has 2 N–H and O–H groups in total. The second-order valence-corrected chi connectivity index (χ2v) is 6.28. The summed E-state index contributed by atoms with van der Waals surface area (Å²) in [5.74, 6) is -0.830. The number of amides is 1. The minimum atomic E-state index is -3.94. The van der Waals surface area contributed by atoms with E-state index in [1.54, 1.807) is 12.1 Å². The zero-order chi connectivity index (χ0) is 15.2. The van der Waals surface area contributed by atoms with Crippen molar-refractivity contribution in [1.82, 2.24) is 4.72 Å². The standard InChI is InChI=1S/C14H12N2O4S/c1-2-9-3-4-10-7-13(17)12(6-11(10)5-9)16-8-14(18)15-21(16,19)20/h2-7,17H,1,8H2,(H,15,18). The Hall–Kier alpha value is -2.54. The highest BCUT2D eigenvalue weighted by Gasteiger charge is 2.35. The molecule has 2 aromatic carbocycles. The van der Waals surface area contributed by atoms with E-state index in [0.29, 0.717) is 0 Å². The molecule has 0 unspecified atom stereocenters. The molecular weight excluding hydrogens is 292 g/mol. The summed E-state index contributed by atoms with van der Waals surface area (Å²) in [6.07, 6.45) is 1.67. The highest BCUT2D eigenvalue weighted by atomic mass is 32.2. The van der Waals surface area contributed by atoms with Gasteiger partial charge >= 0.3 is 10.2 Å². The summed E-state index contributed by atoms with van der Waals surface area (Å²) in [6, 6.07) is 8.47. The van der Waals surface area contributed by atoms with Crippen LogP contribution < -0.4 is 9.03 Å².